The van der Waals surface area contributed by atoms with Crippen LogP contribution in [0.25, 0.3) is 0 Å². The molecule has 112 valence electrons. The molecule has 1 N–H and O–H groups in total. The fraction of sp³-hybridized carbons (Fsp3) is 0.375. The Kier molecular flexibility index (Phi) is 5.63. The monoisotopic (exact) mass is 288 g/mol. The molecule has 21 heavy (non-hydrogen) atoms. The zero-order chi connectivity index (χ0) is 15.1. The number of nitrogens with zero attached hydrogens (tertiary/aromatic N) is 3. The van der Waals surface area contributed by atoms with Gasteiger partial charge in [-0.05, 0) is 38.1 Å². The third kappa shape index (κ3) is 4.23. The first-order valence-electron chi connectivity index (χ1n) is 7.29. The summed E-state index contributed by atoms with van der Waals surface area (Å²) in [7, 11) is 0. The van der Waals surface area contributed by atoms with Crippen LogP contribution in [0.15, 0.2) is 36.7 Å². The minimum Gasteiger partial charge on any atom is -0.313 e. The average molecular weight is 288 g/mol. The lowest BCUT2D eigenvalue weighted by Gasteiger charge is -2.20. The van der Waals surface area contributed by atoms with Gasteiger partial charge in [-0.3, -0.25) is 0 Å². The molecule has 1 aromatic carbocycles. The van der Waals surface area contributed by atoms with Crippen molar-refractivity contribution >= 4 is 11.6 Å². The lowest BCUT2D eigenvalue weighted by Crippen LogP contribution is -2.19. The van der Waals surface area contributed by atoms with Gasteiger partial charge in [0, 0.05) is 36.7 Å². The topological polar surface area (TPSA) is 41.1 Å². The Morgan fingerprint density at radius 3 is 2.57 bits per heavy atom. The summed E-state index contributed by atoms with van der Waals surface area (Å²) in [5.74, 6) is 0.327. The van der Waals surface area contributed by atoms with E-state index in [1.807, 2.05) is 30.3 Å². The van der Waals surface area contributed by atoms with E-state index in [4.69, 9.17) is 0 Å². The standard InChI is InChI=1S/C16H21FN4/c1-3-8-18-10-13-11-19-16(20-12-13)21(4-2)15-7-5-6-14(17)9-15/h5-7,9,11-12,18H,3-4,8,10H2,1-2H3. The molecule has 0 amide bonds. The van der Waals surface area contributed by atoms with Crippen molar-refractivity contribution in [3.8, 4) is 0 Å². The maximum absolute atomic E-state index is 13.3. The molecule has 5 heteroatoms. The molecule has 0 radical (unpaired) electrons. The van der Waals surface area contributed by atoms with Crippen LogP contribution in [0.4, 0.5) is 16.0 Å². The number of rotatable bonds is 7. The Morgan fingerprint density at radius 2 is 1.95 bits per heavy atom. The van der Waals surface area contributed by atoms with Crippen LogP contribution in [0.1, 0.15) is 25.8 Å². The highest BCUT2D eigenvalue weighted by atomic mass is 19.1. The predicted molar refractivity (Wildman–Crippen MR) is 83.1 cm³/mol. The summed E-state index contributed by atoms with van der Waals surface area (Å²) in [5.41, 5.74) is 1.80. The van der Waals surface area contributed by atoms with Gasteiger partial charge in [0.1, 0.15) is 5.82 Å². The molecule has 2 rings (SSSR count). The molecule has 0 unspecified atom stereocenters. The zero-order valence-electron chi connectivity index (χ0n) is 12.5. The highest BCUT2D eigenvalue weighted by molar-refractivity contribution is 5.56. The number of nitrogens with one attached hydrogen (secondary N) is 1. The fourth-order valence-corrected chi connectivity index (χ4v) is 2.07. The van der Waals surface area contributed by atoms with Crippen LogP contribution in [0, 0.1) is 5.82 Å². The van der Waals surface area contributed by atoms with E-state index in [1.165, 1.54) is 12.1 Å². The number of halogens is 1. The molecule has 0 fully saturated rings. The molecule has 0 spiro atoms. The normalized spacial score (nSPS) is 10.6. The van der Waals surface area contributed by atoms with E-state index in [1.54, 1.807) is 6.07 Å². The van der Waals surface area contributed by atoms with Crippen molar-refractivity contribution in [2.45, 2.75) is 26.8 Å². The summed E-state index contributed by atoms with van der Waals surface area (Å²) in [6.45, 7) is 6.54. The van der Waals surface area contributed by atoms with Gasteiger partial charge in [0.15, 0.2) is 0 Å². The van der Waals surface area contributed by atoms with Crippen molar-refractivity contribution in [2.75, 3.05) is 18.0 Å². The van der Waals surface area contributed by atoms with E-state index < -0.39 is 0 Å². The number of aromatic nitrogens is 2. The Hall–Kier alpha value is -2.01. The molecule has 0 aliphatic heterocycles. The van der Waals surface area contributed by atoms with E-state index in [0.717, 1.165) is 30.8 Å². The molecule has 0 atom stereocenters. The van der Waals surface area contributed by atoms with E-state index in [-0.39, 0.29) is 5.82 Å². The molecule has 1 aromatic heterocycles. The summed E-state index contributed by atoms with van der Waals surface area (Å²) >= 11 is 0. The molecule has 1 heterocycles. The van der Waals surface area contributed by atoms with Crippen LogP contribution in [-0.4, -0.2) is 23.1 Å². The van der Waals surface area contributed by atoms with Gasteiger partial charge in [0.05, 0.1) is 0 Å². The lowest BCUT2D eigenvalue weighted by atomic mass is 10.3. The largest absolute Gasteiger partial charge is 0.313 e. The highest BCUT2D eigenvalue weighted by Gasteiger charge is 2.10. The maximum atomic E-state index is 13.3. The van der Waals surface area contributed by atoms with Crippen molar-refractivity contribution < 1.29 is 4.39 Å². The van der Waals surface area contributed by atoms with Crippen LogP contribution in [-0.2, 0) is 6.54 Å². The maximum Gasteiger partial charge on any atom is 0.229 e. The molecule has 0 aliphatic carbocycles. The van der Waals surface area contributed by atoms with Gasteiger partial charge >= 0.3 is 0 Å². The second-order valence-electron chi connectivity index (χ2n) is 4.79. The SMILES string of the molecule is CCCNCc1cnc(N(CC)c2cccc(F)c2)nc1. The molecule has 0 bridgehead atoms. The smallest absolute Gasteiger partial charge is 0.229 e. The van der Waals surface area contributed by atoms with Gasteiger partial charge in [0.2, 0.25) is 5.95 Å². The average Bonchev–Trinajstić information content (AvgIpc) is 2.50. The van der Waals surface area contributed by atoms with Crippen molar-refractivity contribution in [1.82, 2.24) is 15.3 Å². The van der Waals surface area contributed by atoms with Crippen LogP contribution in [0.5, 0.6) is 0 Å². The van der Waals surface area contributed by atoms with Gasteiger partial charge in [-0.1, -0.05) is 13.0 Å². The van der Waals surface area contributed by atoms with Crippen molar-refractivity contribution in [1.29, 1.82) is 0 Å². The first-order chi connectivity index (χ1) is 10.2. The molecule has 2 aromatic rings. The third-order valence-corrected chi connectivity index (χ3v) is 3.13. The van der Waals surface area contributed by atoms with E-state index in [2.05, 4.69) is 22.2 Å². The van der Waals surface area contributed by atoms with Crippen LogP contribution in [0.2, 0.25) is 0 Å². The van der Waals surface area contributed by atoms with Crippen molar-refractivity contribution in [2.24, 2.45) is 0 Å². The number of hydrogen-bond acceptors (Lipinski definition) is 4. The molecule has 4 nitrogen and oxygen atoms in total. The third-order valence-electron chi connectivity index (χ3n) is 3.13. The van der Waals surface area contributed by atoms with Gasteiger partial charge < -0.3 is 10.2 Å². The Bertz CT molecular complexity index is 556. The Labute approximate surface area is 125 Å². The summed E-state index contributed by atoms with van der Waals surface area (Å²) < 4.78 is 13.3. The zero-order valence-corrected chi connectivity index (χ0v) is 12.5. The first kappa shape index (κ1) is 15.4. The number of benzene rings is 1. The lowest BCUT2D eigenvalue weighted by molar-refractivity contribution is 0.627. The number of hydrogen-bond donors (Lipinski definition) is 1. The highest BCUT2D eigenvalue weighted by Crippen LogP contribution is 2.22. The fourth-order valence-electron chi connectivity index (χ4n) is 2.07. The summed E-state index contributed by atoms with van der Waals surface area (Å²) in [6, 6.07) is 6.47. The van der Waals surface area contributed by atoms with Crippen LogP contribution < -0.4 is 10.2 Å². The minimum atomic E-state index is -0.258. The minimum absolute atomic E-state index is 0.258. The van der Waals surface area contributed by atoms with Gasteiger partial charge in [0.25, 0.3) is 0 Å². The molecule has 0 aliphatic rings. The first-order valence-corrected chi connectivity index (χ1v) is 7.29. The molecule has 0 saturated carbocycles. The Morgan fingerprint density at radius 1 is 1.19 bits per heavy atom. The number of anilines is 2. The van der Waals surface area contributed by atoms with Gasteiger partial charge in [-0.25, -0.2) is 14.4 Å². The predicted octanol–water partition coefficient (Wildman–Crippen LogP) is 3.27. The van der Waals surface area contributed by atoms with Crippen LogP contribution >= 0.6 is 0 Å². The van der Waals surface area contributed by atoms with Crippen molar-refractivity contribution in [3.63, 3.8) is 0 Å². The van der Waals surface area contributed by atoms with E-state index in [0.29, 0.717) is 12.5 Å². The van der Waals surface area contributed by atoms with Gasteiger partial charge in [-0.2, -0.15) is 0 Å². The molecule has 0 saturated heterocycles. The summed E-state index contributed by atoms with van der Waals surface area (Å²) in [6.07, 6.45) is 4.72. The second-order valence-corrected chi connectivity index (χ2v) is 4.79. The second kappa shape index (κ2) is 7.69. The van der Waals surface area contributed by atoms with Crippen molar-refractivity contribution in [3.05, 3.63) is 48.0 Å². The van der Waals surface area contributed by atoms with Crippen LogP contribution in [0.3, 0.4) is 0 Å². The molecular weight excluding hydrogens is 267 g/mol. The van der Waals surface area contributed by atoms with E-state index >= 15 is 0 Å². The van der Waals surface area contributed by atoms with E-state index in [9.17, 15) is 4.39 Å². The summed E-state index contributed by atoms with van der Waals surface area (Å²) in [5, 5.41) is 3.31. The van der Waals surface area contributed by atoms with Gasteiger partial charge in [-0.15, -0.1) is 0 Å². The Balaban J connectivity index is 2.12. The summed E-state index contributed by atoms with van der Waals surface area (Å²) in [4.78, 5) is 10.7. The quantitative estimate of drug-likeness (QED) is 0.794. The molecular formula is C16H21FN4.